The zero-order valence-corrected chi connectivity index (χ0v) is 12.2. The second kappa shape index (κ2) is 6.38. The highest BCUT2D eigenvalue weighted by molar-refractivity contribution is 9.09. The molecule has 0 N–H and O–H groups in total. The van der Waals surface area contributed by atoms with Crippen molar-refractivity contribution in [1.82, 2.24) is 9.88 Å². The molecule has 0 atom stereocenters. The average molecular weight is 334 g/mol. The lowest BCUT2D eigenvalue weighted by Gasteiger charge is -2.38. The Balaban J connectivity index is 1.76. The second-order valence-electron chi connectivity index (χ2n) is 4.12. The molecule has 0 radical (unpaired) electrons. The first-order chi connectivity index (χ1) is 8.70. The van der Waals surface area contributed by atoms with E-state index in [2.05, 4.69) is 20.9 Å². The molecule has 1 aromatic heterocycles. The van der Waals surface area contributed by atoms with Crippen molar-refractivity contribution in [2.24, 2.45) is 0 Å². The van der Waals surface area contributed by atoms with Gasteiger partial charge >= 0.3 is 0 Å². The van der Waals surface area contributed by atoms with Crippen LogP contribution in [0.5, 0.6) is 5.88 Å². The zero-order valence-electron chi connectivity index (χ0n) is 9.81. The monoisotopic (exact) mass is 332 g/mol. The maximum absolute atomic E-state index is 11.7. The number of aromatic nitrogens is 1. The Morgan fingerprint density at radius 3 is 3.06 bits per heavy atom. The van der Waals surface area contributed by atoms with Crippen molar-refractivity contribution in [2.75, 3.05) is 18.4 Å². The van der Waals surface area contributed by atoms with Crippen molar-refractivity contribution >= 4 is 33.4 Å². The fourth-order valence-corrected chi connectivity index (χ4v) is 2.15. The summed E-state index contributed by atoms with van der Waals surface area (Å²) in [5, 5.41) is 1.36. The summed E-state index contributed by atoms with van der Waals surface area (Å²) in [5.41, 5.74) is 0. The van der Waals surface area contributed by atoms with E-state index in [1.807, 2.05) is 0 Å². The predicted molar refractivity (Wildman–Crippen MR) is 73.3 cm³/mol. The minimum Gasteiger partial charge on any atom is -0.470 e. The van der Waals surface area contributed by atoms with E-state index in [0.717, 1.165) is 11.8 Å². The summed E-state index contributed by atoms with van der Waals surface area (Å²) >= 11 is 9.26. The second-order valence-corrected chi connectivity index (χ2v) is 5.32. The molecule has 4 nitrogen and oxygen atoms in total. The molecule has 98 valence electrons. The smallest absolute Gasteiger partial charge is 0.232 e. The Labute approximate surface area is 119 Å². The van der Waals surface area contributed by atoms with E-state index in [-0.39, 0.29) is 12.0 Å². The molecule has 1 aliphatic rings. The zero-order chi connectivity index (χ0) is 13.0. The third kappa shape index (κ3) is 3.36. The van der Waals surface area contributed by atoms with Gasteiger partial charge in [-0.05, 0) is 18.6 Å². The van der Waals surface area contributed by atoms with Gasteiger partial charge in [0.15, 0.2) is 0 Å². The summed E-state index contributed by atoms with van der Waals surface area (Å²) in [6, 6.07) is 3.49. The highest BCUT2D eigenvalue weighted by Gasteiger charge is 2.32. The molecular formula is C12H14BrClN2O2. The molecule has 0 spiro atoms. The number of pyridine rings is 1. The maximum atomic E-state index is 11.7. The SMILES string of the molecule is O=C(CCCBr)N1CC(Oc2ncccc2Cl)C1. The first-order valence-electron chi connectivity index (χ1n) is 5.81. The first kappa shape index (κ1) is 13.6. The number of nitrogens with zero attached hydrogens (tertiary/aromatic N) is 2. The maximum Gasteiger partial charge on any atom is 0.232 e. The van der Waals surface area contributed by atoms with Crippen molar-refractivity contribution in [2.45, 2.75) is 18.9 Å². The highest BCUT2D eigenvalue weighted by atomic mass is 79.9. The summed E-state index contributed by atoms with van der Waals surface area (Å²) < 4.78 is 5.62. The molecule has 2 heterocycles. The molecule has 1 fully saturated rings. The average Bonchev–Trinajstić information content (AvgIpc) is 2.32. The van der Waals surface area contributed by atoms with E-state index in [9.17, 15) is 4.79 Å². The fraction of sp³-hybridized carbons (Fsp3) is 0.500. The number of alkyl halides is 1. The van der Waals surface area contributed by atoms with Gasteiger partial charge in [0.25, 0.3) is 0 Å². The first-order valence-corrected chi connectivity index (χ1v) is 7.31. The van der Waals surface area contributed by atoms with E-state index < -0.39 is 0 Å². The number of amides is 1. The molecule has 0 bridgehead atoms. The summed E-state index contributed by atoms with van der Waals surface area (Å²) in [5.74, 6) is 0.623. The molecule has 1 saturated heterocycles. The van der Waals surface area contributed by atoms with E-state index in [0.29, 0.717) is 30.4 Å². The summed E-state index contributed by atoms with van der Waals surface area (Å²) in [7, 11) is 0. The van der Waals surface area contributed by atoms with Crippen molar-refractivity contribution in [3.63, 3.8) is 0 Å². The summed E-state index contributed by atoms with van der Waals surface area (Å²) in [6.45, 7) is 1.24. The Bertz CT molecular complexity index is 424. The van der Waals surface area contributed by atoms with Crippen LogP contribution in [0.3, 0.4) is 0 Å². The number of hydrogen-bond acceptors (Lipinski definition) is 3. The molecule has 0 aliphatic carbocycles. The minimum atomic E-state index is 0.00493. The topological polar surface area (TPSA) is 42.4 Å². The van der Waals surface area contributed by atoms with Crippen molar-refractivity contribution in [3.8, 4) is 5.88 Å². The van der Waals surface area contributed by atoms with Gasteiger partial charge in [0.1, 0.15) is 11.1 Å². The molecule has 6 heteroatoms. The number of hydrogen-bond donors (Lipinski definition) is 0. The normalized spacial score (nSPS) is 15.3. The van der Waals surface area contributed by atoms with Crippen LogP contribution in [0.1, 0.15) is 12.8 Å². The largest absolute Gasteiger partial charge is 0.470 e. The molecule has 0 aromatic carbocycles. The van der Waals surface area contributed by atoms with Crippen LogP contribution in [0.2, 0.25) is 5.02 Å². The van der Waals surface area contributed by atoms with Crippen LogP contribution in [0.25, 0.3) is 0 Å². The molecule has 1 amide bonds. The van der Waals surface area contributed by atoms with Crippen LogP contribution in [0.15, 0.2) is 18.3 Å². The fourth-order valence-electron chi connectivity index (χ4n) is 1.71. The molecule has 18 heavy (non-hydrogen) atoms. The van der Waals surface area contributed by atoms with Gasteiger partial charge in [-0.1, -0.05) is 27.5 Å². The van der Waals surface area contributed by atoms with Gasteiger partial charge in [-0.25, -0.2) is 4.98 Å². The van der Waals surface area contributed by atoms with Crippen LogP contribution < -0.4 is 4.74 Å². The third-order valence-corrected chi connectivity index (χ3v) is 3.58. The van der Waals surface area contributed by atoms with Crippen LogP contribution in [-0.2, 0) is 4.79 Å². The van der Waals surface area contributed by atoms with Gasteiger partial charge in [0.05, 0.1) is 13.1 Å². The third-order valence-electron chi connectivity index (χ3n) is 2.73. The van der Waals surface area contributed by atoms with E-state index in [1.165, 1.54) is 0 Å². The molecule has 0 saturated carbocycles. The lowest BCUT2D eigenvalue weighted by molar-refractivity contribution is -0.140. The minimum absolute atomic E-state index is 0.00493. The van der Waals surface area contributed by atoms with Gasteiger partial charge in [-0.3, -0.25) is 4.79 Å². The van der Waals surface area contributed by atoms with Crippen LogP contribution >= 0.6 is 27.5 Å². The lowest BCUT2D eigenvalue weighted by Crippen LogP contribution is -2.56. The van der Waals surface area contributed by atoms with Crippen molar-refractivity contribution in [3.05, 3.63) is 23.4 Å². The van der Waals surface area contributed by atoms with Crippen LogP contribution in [-0.4, -0.2) is 40.3 Å². The van der Waals surface area contributed by atoms with Gasteiger partial charge in [-0.2, -0.15) is 0 Å². The van der Waals surface area contributed by atoms with Gasteiger partial charge in [0.2, 0.25) is 11.8 Å². The van der Waals surface area contributed by atoms with Gasteiger partial charge in [0, 0.05) is 17.9 Å². The molecular weight excluding hydrogens is 320 g/mol. The Kier molecular flexibility index (Phi) is 4.83. The number of ether oxygens (including phenoxy) is 1. The van der Waals surface area contributed by atoms with Crippen molar-refractivity contribution in [1.29, 1.82) is 0 Å². The molecule has 0 unspecified atom stereocenters. The number of carbonyl (C=O) groups excluding carboxylic acids is 1. The number of rotatable bonds is 5. The standard InChI is InChI=1S/C12H14BrClN2O2/c13-5-1-4-11(17)16-7-9(8-16)18-12-10(14)3-2-6-15-12/h2-3,6,9H,1,4-5,7-8H2. The number of likely N-dealkylation sites (tertiary alicyclic amines) is 1. The Morgan fingerprint density at radius 1 is 1.61 bits per heavy atom. The number of halogens is 2. The van der Waals surface area contributed by atoms with Gasteiger partial charge in [-0.15, -0.1) is 0 Å². The van der Waals surface area contributed by atoms with Crippen molar-refractivity contribution < 1.29 is 9.53 Å². The van der Waals surface area contributed by atoms with E-state index in [4.69, 9.17) is 16.3 Å². The lowest BCUT2D eigenvalue weighted by atomic mass is 10.1. The Hall–Kier alpha value is -0.810. The summed E-state index contributed by atoms with van der Waals surface area (Å²) in [6.07, 6.45) is 3.10. The van der Waals surface area contributed by atoms with E-state index >= 15 is 0 Å². The number of carbonyl (C=O) groups is 1. The molecule has 2 rings (SSSR count). The molecule has 1 aromatic rings. The predicted octanol–water partition coefficient (Wildman–Crippen LogP) is 2.50. The quantitative estimate of drug-likeness (QED) is 0.778. The van der Waals surface area contributed by atoms with E-state index in [1.54, 1.807) is 23.2 Å². The Morgan fingerprint density at radius 2 is 2.39 bits per heavy atom. The van der Waals surface area contributed by atoms with Crippen LogP contribution in [0.4, 0.5) is 0 Å². The summed E-state index contributed by atoms with van der Waals surface area (Å²) in [4.78, 5) is 17.5. The van der Waals surface area contributed by atoms with Crippen LogP contribution in [0, 0.1) is 0 Å². The molecule has 1 aliphatic heterocycles. The highest BCUT2D eigenvalue weighted by Crippen LogP contribution is 2.24. The van der Waals surface area contributed by atoms with Gasteiger partial charge < -0.3 is 9.64 Å².